The number of likely N-dealkylation sites (N-methyl/N-ethyl adjacent to an activating group) is 1. The molecule has 0 fully saturated rings. The molecule has 7 heteroatoms. The molecule has 0 spiro atoms. The van der Waals surface area contributed by atoms with Gasteiger partial charge >= 0.3 is 0 Å². The fourth-order valence-electron chi connectivity index (χ4n) is 3.15. The number of hydrogen-bond acceptors (Lipinski definition) is 4. The van der Waals surface area contributed by atoms with Crippen molar-refractivity contribution in [2.45, 2.75) is 46.1 Å². The molecule has 2 N–H and O–H groups in total. The maximum absolute atomic E-state index is 12.4. The van der Waals surface area contributed by atoms with Crippen molar-refractivity contribution in [3.63, 3.8) is 0 Å². The van der Waals surface area contributed by atoms with Gasteiger partial charge in [0.15, 0.2) is 0 Å². The first-order chi connectivity index (χ1) is 12.7. The minimum Gasteiger partial charge on any atom is -0.357 e. The first kappa shape index (κ1) is 20.6. The molecule has 146 valence electrons. The lowest BCUT2D eigenvalue weighted by Crippen LogP contribution is -2.46. The summed E-state index contributed by atoms with van der Waals surface area (Å²) in [5, 5.41) is 5.28. The lowest BCUT2D eigenvalue weighted by molar-refractivity contribution is -0.129. The van der Waals surface area contributed by atoms with Crippen molar-refractivity contribution < 1.29 is 19.2 Å². The molecule has 0 aliphatic carbocycles. The molecule has 1 aliphatic heterocycles. The van der Waals surface area contributed by atoms with Gasteiger partial charge in [0.1, 0.15) is 6.04 Å². The first-order valence-corrected chi connectivity index (χ1v) is 9.22. The fraction of sp³-hybridized carbons (Fsp3) is 0.500. The van der Waals surface area contributed by atoms with E-state index in [-0.39, 0.29) is 42.5 Å². The summed E-state index contributed by atoms with van der Waals surface area (Å²) in [4.78, 5) is 50.0. The van der Waals surface area contributed by atoms with E-state index in [1.165, 1.54) is 11.9 Å². The Labute approximate surface area is 159 Å². The number of amides is 4. The van der Waals surface area contributed by atoms with Crippen LogP contribution in [0.4, 0.5) is 0 Å². The van der Waals surface area contributed by atoms with Crippen LogP contribution >= 0.6 is 0 Å². The average Bonchev–Trinajstić information content (AvgIpc) is 2.84. The molecule has 1 atom stereocenters. The molecule has 7 nitrogen and oxygen atoms in total. The van der Waals surface area contributed by atoms with Crippen molar-refractivity contribution >= 4 is 23.6 Å². The molecule has 0 aromatic heterocycles. The molecule has 1 unspecified atom stereocenters. The van der Waals surface area contributed by atoms with Crippen molar-refractivity contribution in [2.75, 3.05) is 13.6 Å². The molecule has 27 heavy (non-hydrogen) atoms. The molecule has 0 saturated carbocycles. The number of carbonyl (C=O) groups is 4. The van der Waals surface area contributed by atoms with Gasteiger partial charge in [0.25, 0.3) is 11.8 Å². The highest BCUT2D eigenvalue weighted by Gasteiger charge is 2.35. The number of fused-ring (bicyclic) bond motifs is 1. The summed E-state index contributed by atoms with van der Waals surface area (Å²) in [5.41, 5.74) is 1.74. The Morgan fingerprint density at radius 2 is 1.78 bits per heavy atom. The molecule has 0 saturated heterocycles. The minimum atomic E-state index is -0.579. The second kappa shape index (κ2) is 8.79. The van der Waals surface area contributed by atoms with Crippen molar-refractivity contribution in [3.05, 3.63) is 34.9 Å². The van der Waals surface area contributed by atoms with Crippen molar-refractivity contribution in [2.24, 2.45) is 5.92 Å². The van der Waals surface area contributed by atoms with Crippen LogP contribution < -0.4 is 10.6 Å². The number of rotatable bonds is 8. The van der Waals surface area contributed by atoms with Gasteiger partial charge in [-0.1, -0.05) is 25.5 Å². The van der Waals surface area contributed by atoms with Crippen molar-refractivity contribution in [1.29, 1.82) is 0 Å². The van der Waals surface area contributed by atoms with Crippen molar-refractivity contribution in [1.82, 2.24) is 15.5 Å². The van der Waals surface area contributed by atoms with Gasteiger partial charge in [0.05, 0.1) is 11.1 Å². The number of hydrogen-bond donors (Lipinski definition) is 2. The highest BCUT2D eigenvalue weighted by Crippen LogP contribution is 2.24. The van der Waals surface area contributed by atoms with Gasteiger partial charge in [-0.3, -0.25) is 24.1 Å². The minimum absolute atomic E-state index is 0.137. The normalized spacial score (nSPS) is 14.3. The molecule has 0 bridgehead atoms. The molecule has 4 amide bonds. The van der Waals surface area contributed by atoms with Gasteiger partial charge in [-0.05, 0) is 37.8 Å². The number of aryl methyl sites for hydroxylation is 1. The van der Waals surface area contributed by atoms with Gasteiger partial charge in [0, 0.05) is 20.0 Å². The third-order valence-corrected chi connectivity index (χ3v) is 4.52. The number of benzene rings is 1. The van der Waals surface area contributed by atoms with Crippen LogP contribution in [-0.2, 0) is 9.59 Å². The molecular formula is C20H27N3O4. The summed E-state index contributed by atoms with van der Waals surface area (Å²) in [6.45, 7) is 6.00. The Bertz CT molecular complexity index is 758. The summed E-state index contributed by atoms with van der Waals surface area (Å²) >= 11 is 0. The van der Waals surface area contributed by atoms with Crippen LogP contribution in [0.1, 0.15) is 59.4 Å². The Morgan fingerprint density at radius 1 is 1.11 bits per heavy atom. The highest BCUT2D eigenvalue weighted by molar-refractivity contribution is 6.21. The zero-order valence-corrected chi connectivity index (χ0v) is 16.3. The quantitative estimate of drug-likeness (QED) is 0.677. The Kier molecular flexibility index (Phi) is 6.71. The van der Waals surface area contributed by atoms with Gasteiger partial charge in [-0.2, -0.15) is 0 Å². The van der Waals surface area contributed by atoms with Crippen LogP contribution in [0, 0.1) is 12.8 Å². The van der Waals surface area contributed by atoms with Gasteiger partial charge in [-0.15, -0.1) is 0 Å². The van der Waals surface area contributed by atoms with E-state index >= 15 is 0 Å². The van der Waals surface area contributed by atoms with Crippen LogP contribution in [0.5, 0.6) is 0 Å². The van der Waals surface area contributed by atoms with E-state index in [9.17, 15) is 19.2 Å². The fourth-order valence-corrected chi connectivity index (χ4v) is 3.15. The number of carbonyl (C=O) groups excluding carboxylic acids is 4. The van der Waals surface area contributed by atoms with Gasteiger partial charge < -0.3 is 10.6 Å². The number of nitrogens with zero attached hydrogens (tertiary/aromatic N) is 1. The van der Waals surface area contributed by atoms with E-state index in [1.807, 2.05) is 20.8 Å². The van der Waals surface area contributed by atoms with Crippen LogP contribution in [-0.4, -0.2) is 48.2 Å². The molecule has 1 aliphatic rings. The molecular weight excluding hydrogens is 346 g/mol. The lowest BCUT2D eigenvalue weighted by atomic mass is 10.0. The van der Waals surface area contributed by atoms with E-state index in [1.54, 1.807) is 18.2 Å². The molecule has 1 aromatic carbocycles. The monoisotopic (exact) mass is 373 g/mol. The second-order valence-corrected chi connectivity index (χ2v) is 7.28. The van der Waals surface area contributed by atoms with E-state index < -0.39 is 6.04 Å². The van der Waals surface area contributed by atoms with Gasteiger partial charge in [-0.25, -0.2) is 0 Å². The predicted molar refractivity (Wildman–Crippen MR) is 101 cm³/mol. The van der Waals surface area contributed by atoms with E-state index in [0.29, 0.717) is 24.0 Å². The summed E-state index contributed by atoms with van der Waals surface area (Å²) in [5.74, 6) is -0.875. The smallest absolute Gasteiger partial charge is 0.261 e. The Hall–Kier alpha value is -2.70. The maximum atomic E-state index is 12.4. The molecule has 1 aromatic rings. The zero-order chi connectivity index (χ0) is 20.1. The predicted octanol–water partition coefficient (Wildman–Crippen LogP) is 1.65. The number of imide groups is 1. The van der Waals surface area contributed by atoms with E-state index in [4.69, 9.17) is 0 Å². The van der Waals surface area contributed by atoms with E-state index in [2.05, 4.69) is 10.6 Å². The maximum Gasteiger partial charge on any atom is 0.261 e. The molecule has 2 rings (SSSR count). The van der Waals surface area contributed by atoms with Crippen LogP contribution in [0.15, 0.2) is 18.2 Å². The first-order valence-electron chi connectivity index (χ1n) is 9.22. The highest BCUT2D eigenvalue weighted by atomic mass is 16.2. The van der Waals surface area contributed by atoms with Crippen LogP contribution in [0.2, 0.25) is 0 Å². The van der Waals surface area contributed by atoms with Crippen molar-refractivity contribution in [3.8, 4) is 0 Å². The third kappa shape index (κ3) is 4.93. The Balaban J connectivity index is 1.89. The lowest BCUT2D eigenvalue weighted by Gasteiger charge is -2.19. The van der Waals surface area contributed by atoms with E-state index in [0.717, 1.165) is 5.56 Å². The summed E-state index contributed by atoms with van der Waals surface area (Å²) in [6, 6.07) is 4.60. The van der Waals surface area contributed by atoms with Gasteiger partial charge in [0.2, 0.25) is 11.8 Å². The molecule has 1 heterocycles. The van der Waals surface area contributed by atoms with Crippen LogP contribution in [0.3, 0.4) is 0 Å². The number of nitrogens with one attached hydrogen (secondary N) is 2. The SMILES string of the molecule is CNC(=O)C(CC(C)C)NC(=O)CCCN1C(=O)c2ccc(C)cc2C1=O. The Morgan fingerprint density at radius 3 is 2.41 bits per heavy atom. The van der Waals surface area contributed by atoms with Crippen LogP contribution in [0.25, 0.3) is 0 Å². The average molecular weight is 373 g/mol. The topological polar surface area (TPSA) is 95.6 Å². The zero-order valence-electron chi connectivity index (χ0n) is 16.3. The standard InChI is InChI=1S/C20H27N3O4/c1-12(2)10-16(18(25)21-4)22-17(24)6-5-9-23-19(26)14-8-7-13(3)11-15(14)20(23)27/h7-8,11-12,16H,5-6,9-10H2,1-4H3,(H,21,25)(H,22,24). The summed E-state index contributed by atoms with van der Waals surface area (Å²) in [6.07, 6.45) is 1.03. The second-order valence-electron chi connectivity index (χ2n) is 7.28. The largest absolute Gasteiger partial charge is 0.357 e. The summed E-state index contributed by atoms with van der Waals surface area (Å²) in [7, 11) is 1.53. The summed E-state index contributed by atoms with van der Waals surface area (Å²) < 4.78 is 0. The third-order valence-electron chi connectivity index (χ3n) is 4.52. The molecule has 0 radical (unpaired) electrons.